The van der Waals surface area contributed by atoms with Crippen LogP contribution in [0.1, 0.15) is 35.8 Å². The van der Waals surface area contributed by atoms with Gasteiger partial charge in [-0.25, -0.2) is 8.42 Å². The lowest BCUT2D eigenvalue weighted by molar-refractivity contribution is -0.137. The van der Waals surface area contributed by atoms with Crippen LogP contribution < -0.4 is 9.04 Å². The molecule has 1 aliphatic rings. The molecule has 1 N–H and O–H groups in total. The van der Waals surface area contributed by atoms with Gasteiger partial charge in [-0.2, -0.15) is 0 Å². The van der Waals surface area contributed by atoms with Gasteiger partial charge in [-0.05, 0) is 44.0 Å². The molecule has 7 nitrogen and oxygen atoms in total. The van der Waals surface area contributed by atoms with E-state index < -0.39 is 16.0 Å². The fourth-order valence-corrected chi connectivity index (χ4v) is 5.12. The summed E-state index contributed by atoms with van der Waals surface area (Å²) in [6.07, 6.45) is 0.323. The van der Waals surface area contributed by atoms with Crippen molar-refractivity contribution in [3.63, 3.8) is 0 Å². The summed E-state index contributed by atoms with van der Waals surface area (Å²) in [6, 6.07) is 6.70. The summed E-state index contributed by atoms with van der Waals surface area (Å²) in [5.74, 6) is 0.360. The van der Waals surface area contributed by atoms with Crippen molar-refractivity contribution in [3.8, 4) is 5.75 Å². The number of fused-ring (bicyclic) bond motifs is 1. The van der Waals surface area contributed by atoms with Crippen LogP contribution in [0.3, 0.4) is 0 Å². The van der Waals surface area contributed by atoms with Gasteiger partial charge in [0.15, 0.2) is 0 Å². The zero-order valence-electron chi connectivity index (χ0n) is 14.9. The highest BCUT2D eigenvalue weighted by Gasteiger charge is 2.38. The van der Waals surface area contributed by atoms with Gasteiger partial charge < -0.3 is 14.3 Å². The van der Waals surface area contributed by atoms with Crippen LogP contribution >= 0.6 is 0 Å². The molecule has 0 amide bonds. The lowest BCUT2D eigenvalue weighted by Crippen LogP contribution is -2.30. The van der Waals surface area contributed by atoms with Crippen molar-refractivity contribution >= 4 is 21.7 Å². The molecule has 0 fully saturated rings. The molecule has 0 saturated heterocycles. The molecule has 8 heteroatoms. The van der Waals surface area contributed by atoms with Crippen LogP contribution in [0.5, 0.6) is 5.75 Å². The Labute approximate surface area is 152 Å². The van der Waals surface area contributed by atoms with Gasteiger partial charge >= 0.3 is 5.97 Å². The minimum Gasteiger partial charge on any atom is -0.497 e. The number of anilines is 1. The van der Waals surface area contributed by atoms with Gasteiger partial charge in [0.05, 0.1) is 12.8 Å². The van der Waals surface area contributed by atoms with Crippen LogP contribution in [0, 0.1) is 13.8 Å². The molecular formula is C18H21NO6S. The summed E-state index contributed by atoms with van der Waals surface area (Å²) in [7, 11) is -2.26. The summed E-state index contributed by atoms with van der Waals surface area (Å²) in [6.45, 7) is 3.51. The highest BCUT2D eigenvalue weighted by molar-refractivity contribution is 7.93. The van der Waals surface area contributed by atoms with E-state index in [0.717, 1.165) is 5.56 Å². The first-order valence-corrected chi connectivity index (χ1v) is 9.67. The number of aryl methyl sites for hydroxylation is 2. The minimum absolute atomic E-state index is 0.0287. The molecule has 1 aliphatic heterocycles. The van der Waals surface area contributed by atoms with Gasteiger partial charge in [-0.15, -0.1) is 0 Å². The zero-order chi connectivity index (χ0) is 19.1. The number of rotatable bonds is 6. The standard InChI is InChI=1S/C18H21NO6S/c1-11-8-17(12(2)25-11)26(22,23)19-10-13(4-7-18(20)21)15-9-14(24-3)5-6-16(15)19/h5-6,8-9,13H,4,7,10H2,1-3H3,(H,20,21). The smallest absolute Gasteiger partial charge is 0.303 e. The number of nitrogens with zero attached hydrogens (tertiary/aromatic N) is 1. The maximum absolute atomic E-state index is 13.2. The first kappa shape index (κ1) is 18.3. The third-order valence-electron chi connectivity index (χ3n) is 4.60. The van der Waals surface area contributed by atoms with E-state index in [4.69, 9.17) is 14.3 Å². The topological polar surface area (TPSA) is 97.0 Å². The molecule has 1 atom stereocenters. The third kappa shape index (κ3) is 3.16. The van der Waals surface area contributed by atoms with E-state index in [2.05, 4.69) is 0 Å². The number of methoxy groups -OCH3 is 1. The molecule has 140 valence electrons. The van der Waals surface area contributed by atoms with Crippen molar-refractivity contribution in [2.45, 2.75) is 37.5 Å². The van der Waals surface area contributed by atoms with Gasteiger partial charge in [0, 0.05) is 24.9 Å². The van der Waals surface area contributed by atoms with Crippen molar-refractivity contribution in [3.05, 3.63) is 41.3 Å². The maximum Gasteiger partial charge on any atom is 0.303 e. The third-order valence-corrected chi connectivity index (χ3v) is 6.49. The number of carboxylic acids is 1. The van der Waals surface area contributed by atoms with E-state index in [1.54, 1.807) is 32.0 Å². The molecule has 0 spiro atoms. The number of ether oxygens (including phenoxy) is 1. The molecule has 1 aromatic carbocycles. The molecule has 1 unspecified atom stereocenters. The van der Waals surface area contributed by atoms with Crippen LogP contribution in [0.2, 0.25) is 0 Å². The monoisotopic (exact) mass is 379 g/mol. The normalized spacial score (nSPS) is 16.6. The molecule has 0 bridgehead atoms. The highest BCUT2D eigenvalue weighted by Crippen LogP contribution is 2.43. The largest absolute Gasteiger partial charge is 0.497 e. The quantitative estimate of drug-likeness (QED) is 0.828. The number of furan rings is 1. The van der Waals surface area contributed by atoms with E-state index in [0.29, 0.717) is 29.4 Å². The average Bonchev–Trinajstić information content (AvgIpc) is 3.12. The second kappa shape index (κ2) is 6.68. The second-order valence-corrected chi connectivity index (χ2v) is 8.20. The Morgan fingerprint density at radius 3 is 2.65 bits per heavy atom. The molecule has 3 rings (SSSR count). The molecule has 0 saturated carbocycles. The Morgan fingerprint density at radius 1 is 1.35 bits per heavy atom. The summed E-state index contributed by atoms with van der Waals surface area (Å²) in [5.41, 5.74) is 1.34. The number of hydrogen-bond donors (Lipinski definition) is 1. The highest BCUT2D eigenvalue weighted by atomic mass is 32.2. The summed E-state index contributed by atoms with van der Waals surface area (Å²) in [4.78, 5) is 11.1. The number of carboxylic acid groups (broad SMARTS) is 1. The summed E-state index contributed by atoms with van der Waals surface area (Å²) < 4.78 is 38.3. The average molecular weight is 379 g/mol. The second-order valence-electron chi connectivity index (χ2n) is 6.37. The summed E-state index contributed by atoms with van der Waals surface area (Å²) in [5, 5.41) is 9.00. The van der Waals surface area contributed by atoms with E-state index in [9.17, 15) is 13.2 Å². The Hall–Kier alpha value is -2.48. The van der Waals surface area contributed by atoms with Gasteiger partial charge in [0.1, 0.15) is 22.2 Å². The SMILES string of the molecule is COc1ccc2c(c1)C(CCC(=O)O)CN2S(=O)(=O)c1cc(C)oc1C. The number of aliphatic carboxylic acids is 1. The van der Waals surface area contributed by atoms with Gasteiger partial charge in [0.2, 0.25) is 0 Å². The zero-order valence-corrected chi connectivity index (χ0v) is 15.7. The molecule has 26 heavy (non-hydrogen) atoms. The van der Waals surface area contributed by atoms with Crippen LogP contribution in [0.4, 0.5) is 5.69 Å². The molecule has 2 aromatic rings. The lowest BCUT2D eigenvalue weighted by Gasteiger charge is -2.19. The van der Waals surface area contributed by atoms with Gasteiger partial charge in [0.25, 0.3) is 10.0 Å². The van der Waals surface area contributed by atoms with Gasteiger partial charge in [-0.1, -0.05) is 0 Å². The van der Waals surface area contributed by atoms with Crippen molar-refractivity contribution in [2.24, 2.45) is 0 Å². The van der Waals surface area contributed by atoms with Crippen molar-refractivity contribution in [1.29, 1.82) is 0 Å². The van der Waals surface area contributed by atoms with Crippen LogP contribution in [-0.4, -0.2) is 33.1 Å². The van der Waals surface area contributed by atoms with E-state index in [-0.39, 0.29) is 23.8 Å². The van der Waals surface area contributed by atoms with Crippen molar-refractivity contribution in [1.82, 2.24) is 0 Å². The number of hydrogen-bond acceptors (Lipinski definition) is 5. The van der Waals surface area contributed by atoms with Gasteiger partial charge in [-0.3, -0.25) is 9.10 Å². The van der Waals surface area contributed by atoms with Crippen LogP contribution in [-0.2, 0) is 14.8 Å². The predicted octanol–water partition coefficient (Wildman–Crippen LogP) is 3.06. The molecule has 0 aliphatic carbocycles. The number of benzene rings is 1. The Kier molecular flexibility index (Phi) is 4.70. The maximum atomic E-state index is 13.2. The van der Waals surface area contributed by atoms with Crippen LogP contribution in [0.25, 0.3) is 0 Å². The van der Waals surface area contributed by atoms with E-state index in [1.807, 2.05) is 0 Å². The molecule has 0 radical (unpaired) electrons. The number of sulfonamides is 1. The van der Waals surface area contributed by atoms with Crippen LogP contribution in [0.15, 0.2) is 33.6 Å². The van der Waals surface area contributed by atoms with E-state index >= 15 is 0 Å². The molecule has 1 aromatic heterocycles. The summed E-state index contributed by atoms with van der Waals surface area (Å²) >= 11 is 0. The van der Waals surface area contributed by atoms with Crippen molar-refractivity contribution in [2.75, 3.05) is 18.0 Å². The lowest BCUT2D eigenvalue weighted by atomic mass is 9.96. The van der Waals surface area contributed by atoms with Crippen molar-refractivity contribution < 1.29 is 27.5 Å². The fourth-order valence-electron chi connectivity index (χ4n) is 3.36. The first-order chi connectivity index (χ1) is 12.2. The predicted molar refractivity (Wildman–Crippen MR) is 95.3 cm³/mol. The van der Waals surface area contributed by atoms with E-state index in [1.165, 1.54) is 17.5 Å². The minimum atomic E-state index is -3.80. The Bertz CT molecular complexity index is 947. The first-order valence-electron chi connectivity index (χ1n) is 8.23. The number of carbonyl (C=O) groups is 1. The Balaban J connectivity index is 2.04. The Morgan fingerprint density at radius 2 is 2.08 bits per heavy atom. The molecule has 2 heterocycles. The molecular weight excluding hydrogens is 358 g/mol. The fraction of sp³-hybridized carbons (Fsp3) is 0.389.